The van der Waals surface area contributed by atoms with Gasteiger partial charge in [-0.05, 0) is 55.1 Å². The highest BCUT2D eigenvalue weighted by atomic mass is 16.7. The highest BCUT2D eigenvalue weighted by Crippen LogP contribution is 2.43. The maximum absolute atomic E-state index is 13.2. The van der Waals surface area contributed by atoms with Crippen LogP contribution in [0.1, 0.15) is 63.5 Å². The standard InChI is InChI=1S/C30H39N3O3/c1-22(2)19-27(30(21-31,24-9-5-3-6-10-24)25-11-7-4-8-12-25)33(29(32)34)26-15-13-23(14-16-26)20-28-35-17-18-36-28/h3-12,22-23,26-28H,13-20H2,1-2H3,(H2,32,34). The average molecular weight is 490 g/mol. The molecule has 1 unspecified atom stereocenters. The summed E-state index contributed by atoms with van der Waals surface area (Å²) < 4.78 is 11.3. The first-order chi connectivity index (χ1) is 17.5. The van der Waals surface area contributed by atoms with Crippen molar-refractivity contribution in [1.82, 2.24) is 4.90 Å². The molecule has 6 heteroatoms. The van der Waals surface area contributed by atoms with Gasteiger partial charge in [0, 0.05) is 12.5 Å². The normalized spacial score (nSPS) is 21.7. The summed E-state index contributed by atoms with van der Waals surface area (Å²) in [7, 11) is 0. The van der Waals surface area contributed by atoms with Crippen molar-refractivity contribution in [3.63, 3.8) is 0 Å². The molecule has 4 rings (SSSR count). The van der Waals surface area contributed by atoms with Crippen molar-refractivity contribution in [1.29, 1.82) is 5.26 Å². The summed E-state index contributed by atoms with van der Waals surface area (Å²) in [6, 6.07) is 21.6. The Labute approximate surface area is 215 Å². The van der Waals surface area contributed by atoms with Crippen LogP contribution in [0.2, 0.25) is 0 Å². The number of carbonyl (C=O) groups excluding carboxylic acids is 1. The van der Waals surface area contributed by atoms with Gasteiger partial charge in [-0.2, -0.15) is 5.26 Å². The van der Waals surface area contributed by atoms with E-state index in [1.807, 2.05) is 65.6 Å². The third-order valence-corrected chi connectivity index (χ3v) is 7.85. The number of nitriles is 1. The van der Waals surface area contributed by atoms with E-state index in [0.717, 1.165) is 43.2 Å². The molecule has 0 spiro atoms. The number of primary amides is 1. The molecule has 1 saturated carbocycles. The van der Waals surface area contributed by atoms with Crippen LogP contribution in [0.15, 0.2) is 60.7 Å². The lowest BCUT2D eigenvalue weighted by Crippen LogP contribution is -2.59. The van der Waals surface area contributed by atoms with Crippen LogP contribution >= 0.6 is 0 Å². The van der Waals surface area contributed by atoms with E-state index in [0.29, 0.717) is 25.6 Å². The van der Waals surface area contributed by atoms with Crippen molar-refractivity contribution >= 4 is 6.03 Å². The minimum Gasteiger partial charge on any atom is -0.351 e. The van der Waals surface area contributed by atoms with Gasteiger partial charge in [0.05, 0.1) is 25.3 Å². The number of carbonyl (C=O) groups is 1. The second kappa shape index (κ2) is 11.9. The Kier molecular flexibility index (Phi) is 8.66. The smallest absolute Gasteiger partial charge is 0.315 e. The minimum absolute atomic E-state index is 0.00642. The van der Waals surface area contributed by atoms with Gasteiger partial charge in [-0.3, -0.25) is 0 Å². The van der Waals surface area contributed by atoms with Crippen molar-refractivity contribution in [3.8, 4) is 6.07 Å². The Balaban J connectivity index is 1.70. The van der Waals surface area contributed by atoms with Crippen LogP contribution in [-0.2, 0) is 14.9 Å². The zero-order chi connectivity index (χ0) is 25.5. The van der Waals surface area contributed by atoms with Crippen molar-refractivity contribution < 1.29 is 14.3 Å². The summed E-state index contributed by atoms with van der Waals surface area (Å²) in [6.07, 6.45) is 5.17. The fourth-order valence-corrected chi connectivity index (χ4v) is 6.16. The topological polar surface area (TPSA) is 88.6 Å². The number of urea groups is 1. The van der Waals surface area contributed by atoms with Crippen LogP contribution < -0.4 is 5.73 Å². The molecule has 1 heterocycles. The first-order valence-electron chi connectivity index (χ1n) is 13.3. The van der Waals surface area contributed by atoms with Gasteiger partial charge < -0.3 is 20.1 Å². The molecule has 1 atom stereocenters. The van der Waals surface area contributed by atoms with Crippen LogP contribution in [0, 0.1) is 23.2 Å². The molecule has 2 aromatic carbocycles. The summed E-state index contributed by atoms with van der Waals surface area (Å²) >= 11 is 0. The molecule has 1 aliphatic heterocycles. The van der Waals surface area contributed by atoms with Gasteiger partial charge in [-0.15, -0.1) is 0 Å². The Bertz CT molecular complexity index is 967. The quantitative estimate of drug-likeness (QED) is 0.496. The van der Waals surface area contributed by atoms with Crippen molar-refractivity contribution in [3.05, 3.63) is 71.8 Å². The molecule has 2 N–H and O–H groups in total. The largest absolute Gasteiger partial charge is 0.351 e. The van der Waals surface area contributed by atoms with E-state index in [-0.39, 0.29) is 18.2 Å². The Morgan fingerprint density at radius 3 is 1.97 bits per heavy atom. The SMILES string of the molecule is CC(C)CC(N(C(N)=O)C1CCC(CC2OCCO2)CC1)C(C#N)(c1ccccc1)c1ccccc1. The number of ether oxygens (including phenoxy) is 2. The lowest BCUT2D eigenvalue weighted by molar-refractivity contribution is -0.0616. The van der Waals surface area contributed by atoms with E-state index in [1.165, 1.54) is 0 Å². The van der Waals surface area contributed by atoms with Gasteiger partial charge in [-0.1, -0.05) is 74.5 Å². The zero-order valence-electron chi connectivity index (χ0n) is 21.5. The van der Waals surface area contributed by atoms with Crippen molar-refractivity contribution in [2.24, 2.45) is 17.6 Å². The van der Waals surface area contributed by atoms with Crippen LogP contribution in [0.5, 0.6) is 0 Å². The second-order valence-corrected chi connectivity index (χ2v) is 10.6. The third kappa shape index (κ3) is 5.58. The Morgan fingerprint density at radius 1 is 1.00 bits per heavy atom. The first-order valence-corrected chi connectivity index (χ1v) is 13.3. The maximum atomic E-state index is 13.2. The lowest BCUT2D eigenvalue weighted by atomic mass is 9.66. The predicted molar refractivity (Wildman–Crippen MR) is 140 cm³/mol. The van der Waals surface area contributed by atoms with Crippen molar-refractivity contribution in [2.45, 2.75) is 76.2 Å². The summed E-state index contributed by atoms with van der Waals surface area (Å²) in [5.74, 6) is 0.775. The molecule has 2 aliphatic rings. The van der Waals surface area contributed by atoms with Crippen LogP contribution in [0.3, 0.4) is 0 Å². The number of hydrogen-bond acceptors (Lipinski definition) is 4. The summed E-state index contributed by atoms with van der Waals surface area (Å²) in [4.78, 5) is 15.1. The Hall–Kier alpha value is -2.88. The summed E-state index contributed by atoms with van der Waals surface area (Å²) in [5.41, 5.74) is 6.90. The number of rotatable bonds is 9. The molecular weight excluding hydrogens is 450 g/mol. The van der Waals surface area contributed by atoms with E-state index in [4.69, 9.17) is 15.2 Å². The van der Waals surface area contributed by atoms with E-state index in [1.54, 1.807) is 0 Å². The molecular formula is C30H39N3O3. The number of benzene rings is 2. The highest BCUT2D eigenvalue weighted by Gasteiger charge is 2.49. The van der Waals surface area contributed by atoms with E-state index in [9.17, 15) is 10.1 Å². The molecule has 0 bridgehead atoms. The van der Waals surface area contributed by atoms with Crippen LogP contribution in [0.25, 0.3) is 0 Å². The highest BCUT2D eigenvalue weighted by molar-refractivity contribution is 5.74. The van der Waals surface area contributed by atoms with Crippen LogP contribution in [-0.4, -0.2) is 42.5 Å². The Morgan fingerprint density at radius 2 is 1.53 bits per heavy atom. The fourth-order valence-electron chi connectivity index (χ4n) is 6.16. The van der Waals surface area contributed by atoms with Crippen LogP contribution in [0.4, 0.5) is 4.79 Å². The molecule has 36 heavy (non-hydrogen) atoms. The monoisotopic (exact) mass is 489 g/mol. The average Bonchev–Trinajstić information content (AvgIpc) is 3.40. The molecule has 0 aromatic heterocycles. The van der Waals surface area contributed by atoms with Gasteiger partial charge >= 0.3 is 6.03 Å². The van der Waals surface area contributed by atoms with Gasteiger partial charge in [-0.25, -0.2) is 4.79 Å². The van der Waals surface area contributed by atoms with Gasteiger partial charge in [0.1, 0.15) is 5.41 Å². The lowest BCUT2D eigenvalue weighted by Gasteiger charge is -2.47. The summed E-state index contributed by atoms with van der Waals surface area (Å²) in [6.45, 7) is 5.62. The van der Waals surface area contributed by atoms with E-state index >= 15 is 0 Å². The maximum Gasteiger partial charge on any atom is 0.315 e. The molecule has 1 aliphatic carbocycles. The van der Waals surface area contributed by atoms with E-state index < -0.39 is 17.5 Å². The number of hydrogen-bond donors (Lipinski definition) is 1. The van der Waals surface area contributed by atoms with Gasteiger partial charge in [0.15, 0.2) is 6.29 Å². The summed E-state index contributed by atoms with van der Waals surface area (Å²) in [5, 5.41) is 10.9. The molecule has 2 aromatic rings. The number of nitrogens with two attached hydrogens (primary N) is 1. The second-order valence-electron chi connectivity index (χ2n) is 10.6. The predicted octanol–water partition coefficient (Wildman–Crippen LogP) is 5.61. The number of nitrogens with zero attached hydrogens (tertiary/aromatic N) is 2. The van der Waals surface area contributed by atoms with E-state index in [2.05, 4.69) is 19.9 Å². The fraction of sp³-hybridized carbons (Fsp3) is 0.533. The molecule has 2 amide bonds. The molecule has 6 nitrogen and oxygen atoms in total. The number of amides is 2. The first kappa shape index (κ1) is 26.2. The van der Waals surface area contributed by atoms with Gasteiger partial charge in [0.2, 0.25) is 0 Å². The molecule has 2 fully saturated rings. The molecule has 0 radical (unpaired) electrons. The molecule has 192 valence electrons. The zero-order valence-corrected chi connectivity index (χ0v) is 21.5. The third-order valence-electron chi connectivity index (χ3n) is 7.85. The minimum atomic E-state index is -1.04. The van der Waals surface area contributed by atoms with Gasteiger partial charge in [0.25, 0.3) is 0 Å². The molecule has 1 saturated heterocycles. The van der Waals surface area contributed by atoms with Crippen molar-refractivity contribution in [2.75, 3.05) is 13.2 Å².